The monoisotopic (exact) mass is 387 g/mol. The molecule has 0 unspecified atom stereocenters. The minimum atomic E-state index is 0.449. The van der Waals surface area contributed by atoms with Crippen molar-refractivity contribution >= 4 is 17.5 Å². The van der Waals surface area contributed by atoms with Crippen LogP contribution < -0.4 is 10.6 Å². The summed E-state index contributed by atoms with van der Waals surface area (Å²) in [5, 5.41) is 7.15. The topological polar surface area (TPSA) is 62.7 Å². The summed E-state index contributed by atoms with van der Waals surface area (Å²) in [6, 6.07) is 12.8. The van der Waals surface area contributed by atoms with Gasteiger partial charge < -0.3 is 10.6 Å². The molecular formula is C24H29N5. The second-order valence-electron chi connectivity index (χ2n) is 7.77. The van der Waals surface area contributed by atoms with Gasteiger partial charge in [-0.3, -0.25) is 4.98 Å². The molecular weight excluding hydrogens is 358 g/mol. The van der Waals surface area contributed by atoms with Crippen molar-refractivity contribution in [1.82, 2.24) is 15.0 Å². The number of nitrogens with one attached hydrogen (secondary N) is 2. The standard InChI is InChI=1S/C24H29N5/c1-3-18-10-7-9-17(2)23(18)28-22-15-21(19-11-8-14-25-16-19)27-24(29-22)26-20-12-5-4-6-13-20/h7-11,14-16,20H,3-6,12-13H2,1-2H3,(H2,26,27,28,29). The van der Waals surface area contributed by atoms with Crippen LogP contribution in [0.2, 0.25) is 0 Å². The Labute approximate surface area is 173 Å². The molecule has 29 heavy (non-hydrogen) atoms. The summed E-state index contributed by atoms with van der Waals surface area (Å²) in [6.07, 6.45) is 10.8. The molecule has 0 atom stereocenters. The summed E-state index contributed by atoms with van der Waals surface area (Å²) in [5.41, 5.74) is 5.50. The fourth-order valence-corrected chi connectivity index (χ4v) is 4.00. The van der Waals surface area contributed by atoms with Crippen molar-refractivity contribution in [2.24, 2.45) is 0 Å². The van der Waals surface area contributed by atoms with Gasteiger partial charge in [-0.05, 0) is 49.4 Å². The van der Waals surface area contributed by atoms with Crippen molar-refractivity contribution in [1.29, 1.82) is 0 Å². The lowest BCUT2D eigenvalue weighted by atomic mass is 9.96. The molecule has 0 bridgehead atoms. The van der Waals surface area contributed by atoms with E-state index < -0.39 is 0 Å². The Morgan fingerprint density at radius 3 is 2.66 bits per heavy atom. The normalized spacial score (nSPS) is 14.6. The van der Waals surface area contributed by atoms with Gasteiger partial charge in [0.1, 0.15) is 5.82 Å². The van der Waals surface area contributed by atoms with E-state index in [2.05, 4.69) is 47.7 Å². The van der Waals surface area contributed by atoms with Crippen LogP contribution in [0, 0.1) is 6.92 Å². The van der Waals surface area contributed by atoms with Gasteiger partial charge in [0.05, 0.1) is 5.69 Å². The average Bonchev–Trinajstić information content (AvgIpc) is 2.76. The highest BCUT2D eigenvalue weighted by molar-refractivity contribution is 5.70. The Balaban J connectivity index is 1.69. The first-order valence-corrected chi connectivity index (χ1v) is 10.6. The molecule has 0 radical (unpaired) electrons. The second-order valence-corrected chi connectivity index (χ2v) is 7.77. The molecule has 1 fully saturated rings. The van der Waals surface area contributed by atoms with Crippen LogP contribution in [-0.2, 0) is 6.42 Å². The van der Waals surface area contributed by atoms with Crippen LogP contribution in [0.1, 0.15) is 50.2 Å². The highest BCUT2D eigenvalue weighted by Gasteiger charge is 2.16. The molecule has 1 aromatic carbocycles. The van der Waals surface area contributed by atoms with E-state index in [-0.39, 0.29) is 0 Å². The average molecular weight is 388 g/mol. The van der Waals surface area contributed by atoms with Gasteiger partial charge in [-0.1, -0.05) is 44.4 Å². The Morgan fingerprint density at radius 1 is 1.03 bits per heavy atom. The van der Waals surface area contributed by atoms with Gasteiger partial charge in [0, 0.05) is 35.8 Å². The van der Waals surface area contributed by atoms with E-state index in [1.807, 2.05) is 24.4 Å². The first kappa shape index (κ1) is 19.4. The largest absolute Gasteiger partial charge is 0.351 e. The molecule has 5 nitrogen and oxygen atoms in total. The van der Waals surface area contributed by atoms with E-state index in [9.17, 15) is 0 Å². The predicted molar refractivity (Wildman–Crippen MR) is 120 cm³/mol. The van der Waals surface area contributed by atoms with Crippen molar-refractivity contribution in [3.8, 4) is 11.3 Å². The minimum Gasteiger partial charge on any atom is -0.351 e. The number of para-hydroxylation sites is 1. The summed E-state index contributed by atoms with van der Waals surface area (Å²) in [7, 11) is 0. The lowest BCUT2D eigenvalue weighted by molar-refractivity contribution is 0.461. The molecule has 2 aromatic heterocycles. The van der Waals surface area contributed by atoms with E-state index in [1.165, 1.54) is 43.2 Å². The fraction of sp³-hybridized carbons (Fsp3) is 0.375. The number of rotatable bonds is 6. The van der Waals surface area contributed by atoms with Gasteiger partial charge in [0.15, 0.2) is 0 Å². The van der Waals surface area contributed by atoms with E-state index in [4.69, 9.17) is 9.97 Å². The molecule has 1 saturated carbocycles. The third-order valence-corrected chi connectivity index (χ3v) is 5.61. The summed E-state index contributed by atoms with van der Waals surface area (Å²) in [4.78, 5) is 13.9. The van der Waals surface area contributed by atoms with E-state index in [0.717, 1.165) is 29.2 Å². The van der Waals surface area contributed by atoms with Gasteiger partial charge in [0.25, 0.3) is 0 Å². The lowest BCUT2D eigenvalue weighted by Gasteiger charge is -2.23. The lowest BCUT2D eigenvalue weighted by Crippen LogP contribution is -2.23. The maximum absolute atomic E-state index is 4.81. The second kappa shape index (κ2) is 9.03. The van der Waals surface area contributed by atoms with Crippen LogP contribution in [0.4, 0.5) is 17.5 Å². The zero-order chi connectivity index (χ0) is 20.1. The van der Waals surface area contributed by atoms with Crippen molar-refractivity contribution in [2.45, 2.75) is 58.4 Å². The summed E-state index contributed by atoms with van der Waals surface area (Å²) >= 11 is 0. The summed E-state index contributed by atoms with van der Waals surface area (Å²) in [5.74, 6) is 1.49. The highest BCUT2D eigenvalue weighted by Crippen LogP contribution is 2.28. The zero-order valence-electron chi connectivity index (χ0n) is 17.3. The van der Waals surface area contributed by atoms with Gasteiger partial charge in [-0.2, -0.15) is 4.98 Å². The molecule has 2 N–H and O–H groups in total. The van der Waals surface area contributed by atoms with Crippen LogP contribution in [0.25, 0.3) is 11.3 Å². The first-order valence-electron chi connectivity index (χ1n) is 10.6. The summed E-state index contributed by atoms with van der Waals surface area (Å²) < 4.78 is 0. The predicted octanol–water partition coefficient (Wildman–Crippen LogP) is 5.90. The quantitative estimate of drug-likeness (QED) is 0.551. The Bertz CT molecular complexity index is 949. The molecule has 0 spiro atoms. The van der Waals surface area contributed by atoms with Crippen LogP contribution in [0.15, 0.2) is 48.8 Å². The Morgan fingerprint density at radius 2 is 1.90 bits per heavy atom. The van der Waals surface area contributed by atoms with Gasteiger partial charge in [0.2, 0.25) is 5.95 Å². The Hall–Kier alpha value is -2.95. The third-order valence-electron chi connectivity index (χ3n) is 5.61. The smallest absolute Gasteiger partial charge is 0.225 e. The molecule has 5 heteroatoms. The first-order chi connectivity index (χ1) is 14.2. The number of aromatic nitrogens is 3. The van der Waals surface area contributed by atoms with E-state index >= 15 is 0 Å². The molecule has 0 saturated heterocycles. The number of anilines is 3. The van der Waals surface area contributed by atoms with Crippen molar-refractivity contribution in [2.75, 3.05) is 10.6 Å². The molecule has 150 valence electrons. The molecule has 0 aliphatic heterocycles. The van der Waals surface area contributed by atoms with E-state index in [1.54, 1.807) is 6.20 Å². The number of aryl methyl sites for hydroxylation is 2. The Kier molecular flexibility index (Phi) is 6.03. The van der Waals surface area contributed by atoms with Crippen LogP contribution in [-0.4, -0.2) is 21.0 Å². The maximum atomic E-state index is 4.81. The molecule has 1 aliphatic carbocycles. The molecule has 0 amide bonds. The maximum Gasteiger partial charge on any atom is 0.225 e. The van der Waals surface area contributed by atoms with Gasteiger partial charge >= 0.3 is 0 Å². The number of hydrogen-bond donors (Lipinski definition) is 2. The van der Waals surface area contributed by atoms with Crippen LogP contribution in [0.3, 0.4) is 0 Å². The minimum absolute atomic E-state index is 0.449. The molecule has 1 aliphatic rings. The zero-order valence-corrected chi connectivity index (χ0v) is 17.3. The highest BCUT2D eigenvalue weighted by atomic mass is 15.2. The fourth-order valence-electron chi connectivity index (χ4n) is 4.00. The summed E-state index contributed by atoms with van der Waals surface area (Å²) in [6.45, 7) is 4.31. The third kappa shape index (κ3) is 4.73. The van der Waals surface area contributed by atoms with Crippen molar-refractivity contribution in [3.63, 3.8) is 0 Å². The molecule has 4 rings (SSSR count). The number of pyridine rings is 1. The molecule has 2 heterocycles. The van der Waals surface area contributed by atoms with Crippen LogP contribution in [0.5, 0.6) is 0 Å². The molecule has 3 aromatic rings. The number of nitrogens with zero attached hydrogens (tertiary/aromatic N) is 3. The number of benzene rings is 1. The number of hydrogen-bond acceptors (Lipinski definition) is 5. The van der Waals surface area contributed by atoms with Gasteiger partial charge in [-0.25, -0.2) is 4.98 Å². The van der Waals surface area contributed by atoms with Crippen LogP contribution >= 0.6 is 0 Å². The van der Waals surface area contributed by atoms with Crippen molar-refractivity contribution in [3.05, 3.63) is 59.9 Å². The van der Waals surface area contributed by atoms with Gasteiger partial charge in [-0.15, -0.1) is 0 Å². The SMILES string of the molecule is CCc1cccc(C)c1Nc1cc(-c2cccnc2)nc(NC2CCCCC2)n1. The van der Waals surface area contributed by atoms with E-state index in [0.29, 0.717) is 12.0 Å². The van der Waals surface area contributed by atoms with Crippen molar-refractivity contribution < 1.29 is 0 Å².